The summed E-state index contributed by atoms with van der Waals surface area (Å²) in [7, 11) is 0. The summed E-state index contributed by atoms with van der Waals surface area (Å²) in [6.45, 7) is 6.47. The molecule has 0 unspecified atom stereocenters. The van der Waals surface area contributed by atoms with E-state index in [0.717, 1.165) is 37.2 Å². The van der Waals surface area contributed by atoms with Gasteiger partial charge in [0.15, 0.2) is 0 Å². The van der Waals surface area contributed by atoms with E-state index in [9.17, 15) is 9.59 Å². The van der Waals surface area contributed by atoms with Crippen molar-refractivity contribution in [3.05, 3.63) is 22.4 Å². The number of amides is 3. The maximum atomic E-state index is 12.5. The third-order valence-electron chi connectivity index (χ3n) is 3.91. The quantitative estimate of drug-likeness (QED) is 0.906. The largest absolute Gasteiger partial charge is 0.341 e. The molecule has 5 nitrogen and oxygen atoms in total. The van der Waals surface area contributed by atoms with Gasteiger partial charge in [-0.1, -0.05) is 19.9 Å². The number of thiophene rings is 1. The second kappa shape index (κ2) is 8.17. The van der Waals surface area contributed by atoms with Gasteiger partial charge >= 0.3 is 6.03 Å². The highest BCUT2D eigenvalue weighted by Gasteiger charge is 2.25. The molecule has 0 spiro atoms. The van der Waals surface area contributed by atoms with Crippen molar-refractivity contribution in [1.82, 2.24) is 15.1 Å². The molecule has 1 N–H and O–H groups in total. The Morgan fingerprint density at radius 2 is 2.23 bits per heavy atom. The van der Waals surface area contributed by atoms with Gasteiger partial charge in [-0.05, 0) is 30.7 Å². The van der Waals surface area contributed by atoms with Crippen molar-refractivity contribution < 1.29 is 9.59 Å². The highest BCUT2D eigenvalue weighted by atomic mass is 32.1. The number of rotatable bonds is 5. The maximum Gasteiger partial charge on any atom is 0.318 e. The highest BCUT2D eigenvalue weighted by Crippen LogP contribution is 2.22. The van der Waals surface area contributed by atoms with Crippen molar-refractivity contribution in [3.63, 3.8) is 0 Å². The lowest BCUT2D eigenvalue weighted by molar-refractivity contribution is -0.130. The molecule has 1 aromatic rings. The van der Waals surface area contributed by atoms with E-state index in [1.54, 1.807) is 16.2 Å². The fraction of sp³-hybridized carbons (Fsp3) is 0.625. The lowest BCUT2D eigenvalue weighted by Gasteiger charge is -2.24. The smallest absolute Gasteiger partial charge is 0.318 e. The molecule has 2 rings (SSSR count). The molecule has 0 saturated carbocycles. The van der Waals surface area contributed by atoms with Crippen LogP contribution in [0.2, 0.25) is 0 Å². The van der Waals surface area contributed by atoms with Crippen LogP contribution >= 0.6 is 11.3 Å². The normalized spacial score (nSPS) is 17.3. The van der Waals surface area contributed by atoms with Gasteiger partial charge in [-0.25, -0.2) is 4.79 Å². The second-order valence-electron chi connectivity index (χ2n) is 5.58. The molecule has 1 fully saturated rings. The van der Waals surface area contributed by atoms with Gasteiger partial charge in [0.05, 0.1) is 6.04 Å². The zero-order valence-electron chi connectivity index (χ0n) is 13.4. The summed E-state index contributed by atoms with van der Waals surface area (Å²) in [5, 5.41) is 5.08. The van der Waals surface area contributed by atoms with Crippen LogP contribution in [0.3, 0.4) is 0 Å². The molecule has 2 heterocycles. The minimum atomic E-state index is -0.132. The predicted molar refractivity (Wildman–Crippen MR) is 88.9 cm³/mol. The molecule has 3 amide bonds. The molecule has 1 aromatic heterocycles. The van der Waals surface area contributed by atoms with E-state index in [2.05, 4.69) is 19.2 Å². The number of urea groups is 1. The first kappa shape index (κ1) is 16.8. The van der Waals surface area contributed by atoms with E-state index in [0.29, 0.717) is 6.54 Å². The van der Waals surface area contributed by atoms with Crippen molar-refractivity contribution in [3.8, 4) is 0 Å². The van der Waals surface area contributed by atoms with E-state index in [4.69, 9.17) is 0 Å². The number of hydrogen-bond acceptors (Lipinski definition) is 3. The van der Waals surface area contributed by atoms with Gasteiger partial charge in [-0.3, -0.25) is 4.79 Å². The molecule has 1 atom stereocenters. The Morgan fingerprint density at radius 1 is 1.41 bits per heavy atom. The van der Waals surface area contributed by atoms with Gasteiger partial charge in [-0.2, -0.15) is 0 Å². The molecule has 0 aromatic carbocycles. The van der Waals surface area contributed by atoms with E-state index in [-0.39, 0.29) is 24.5 Å². The number of carbonyl (C=O) groups excluding carboxylic acids is 2. The molecule has 0 bridgehead atoms. The fourth-order valence-electron chi connectivity index (χ4n) is 2.70. The standard InChI is InChI=1S/C16H25N3O2S/c1-3-8-18-9-6-10-19(12-15(18)20)16(21)17-13(4-2)14-7-5-11-22-14/h5,7,11,13H,3-4,6,8-10,12H2,1-2H3,(H,17,21)/t13-/m1/s1. The highest BCUT2D eigenvalue weighted by molar-refractivity contribution is 7.10. The molecule has 0 radical (unpaired) electrons. The van der Waals surface area contributed by atoms with Crippen molar-refractivity contribution >= 4 is 23.3 Å². The third-order valence-corrected chi connectivity index (χ3v) is 4.89. The van der Waals surface area contributed by atoms with Gasteiger partial charge in [-0.15, -0.1) is 11.3 Å². The van der Waals surface area contributed by atoms with E-state index >= 15 is 0 Å². The summed E-state index contributed by atoms with van der Waals surface area (Å²) in [5.74, 6) is 0.0543. The van der Waals surface area contributed by atoms with Crippen LogP contribution in [0.4, 0.5) is 4.79 Å². The topological polar surface area (TPSA) is 52.6 Å². The molecule has 1 saturated heterocycles. The molecular formula is C16H25N3O2S. The van der Waals surface area contributed by atoms with Crippen LogP contribution in [0.15, 0.2) is 17.5 Å². The summed E-state index contributed by atoms with van der Waals surface area (Å²) in [6.07, 6.45) is 2.64. The van der Waals surface area contributed by atoms with Crippen LogP contribution in [0.1, 0.15) is 44.0 Å². The Balaban J connectivity index is 1.95. The minimum absolute atomic E-state index is 0.0256. The summed E-state index contributed by atoms with van der Waals surface area (Å²) >= 11 is 1.65. The second-order valence-corrected chi connectivity index (χ2v) is 6.56. The first-order valence-corrected chi connectivity index (χ1v) is 8.90. The van der Waals surface area contributed by atoms with Gasteiger partial charge in [0.2, 0.25) is 5.91 Å². The van der Waals surface area contributed by atoms with Gasteiger partial charge in [0, 0.05) is 24.5 Å². The Labute approximate surface area is 136 Å². The predicted octanol–water partition coefficient (Wildman–Crippen LogP) is 2.85. The van der Waals surface area contributed by atoms with Crippen LogP contribution in [0.25, 0.3) is 0 Å². The van der Waals surface area contributed by atoms with Crippen LogP contribution in [-0.2, 0) is 4.79 Å². The maximum absolute atomic E-state index is 12.5. The van der Waals surface area contributed by atoms with Crippen molar-refractivity contribution in [2.24, 2.45) is 0 Å². The molecule has 1 aliphatic rings. The van der Waals surface area contributed by atoms with E-state index in [1.165, 1.54) is 0 Å². The zero-order valence-corrected chi connectivity index (χ0v) is 14.2. The minimum Gasteiger partial charge on any atom is -0.341 e. The Kier molecular flexibility index (Phi) is 6.24. The van der Waals surface area contributed by atoms with Gasteiger partial charge < -0.3 is 15.1 Å². The van der Waals surface area contributed by atoms with Crippen LogP contribution < -0.4 is 5.32 Å². The summed E-state index contributed by atoms with van der Waals surface area (Å²) in [6, 6.07) is 3.92. The lowest BCUT2D eigenvalue weighted by atomic mass is 10.2. The number of nitrogens with one attached hydrogen (secondary N) is 1. The monoisotopic (exact) mass is 323 g/mol. The average Bonchev–Trinajstić information content (AvgIpc) is 2.98. The van der Waals surface area contributed by atoms with Gasteiger partial charge in [0.1, 0.15) is 6.54 Å². The molecular weight excluding hydrogens is 298 g/mol. The van der Waals surface area contributed by atoms with Crippen LogP contribution in [0, 0.1) is 0 Å². The van der Waals surface area contributed by atoms with Crippen molar-refractivity contribution in [2.75, 3.05) is 26.2 Å². The van der Waals surface area contributed by atoms with E-state index in [1.807, 2.05) is 22.4 Å². The average molecular weight is 323 g/mol. The first-order valence-electron chi connectivity index (χ1n) is 8.02. The fourth-order valence-corrected chi connectivity index (χ4v) is 3.56. The first-order chi connectivity index (χ1) is 10.7. The molecule has 1 aliphatic heterocycles. The molecule has 122 valence electrons. The third kappa shape index (κ3) is 4.22. The van der Waals surface area contributed by atoms with Crippen molar-refractivity contribution in [2.45, 2.75) is 39.2 Å². The number of carbonyl (C=O) groups is 2. The number of nitrogens with zero attached hydrogens (tertiary/aromatic N) is 2. The molecule has 0 aliphatic carbocycles. The number of hydrogen-bond donors (Lipinski definition) is 1. The lowest BCUT2D eigenvalue weighted by Crippen LogP contribution is -2.45. The zero-order chi connectivity index (χ0) is 15.9. The Hall–Kier alpha value is -1.56. The Morgan fingerprint density at radius 3 is 2.86 bits per heavy atom. The molecule has 22 heavy (non-hydrogen) atoms. The van der Waals surface area contributed by atoms with E-state index < -0.39 is 0 Å². The van der Waals surface area contributed by atoms with Crippen molar-refractivity contribution in [1.29, 1.82) is 0 Å². The van der Waals surface area contributed by atoms with Crippen LogP contribution in [-0.4, -0.2) is 47.9 Å². The Bertz CT molecular complexity index is 490. The summed E-state index contributed by atoms with van der Waals surface area (Å²) < 4.78 is 0. The SMILES string of the molecule is CCCN1CCCN(C(=O)N[C@H](CC)c2cccs2)CC1=O. The summed E-state index contributed by atoms with van der Waals surface area (Å²) in [5.41, 5.74) is 0. The summed E-state index contributed by atoms with van der Waals surface area (Å²) in [4.78, 5) is 29.4. The van der Waals surface area contributed by atoms with Gasteiger partial charge in [0.25, 0.3) is 0 Å². The molecule has 6 heteroatoms. The van der Waals surface area contributed by atoms with Crippen LogP contribution in [0.5, 0.6) is 0 Å².